The molecule has 11 heteroatoms. The number of nitrogens with zero attached hydrogens (tertiary/aromatic N) is 4. The second-order valence-corrected chi connectivity index (χ2v) is 9.03. The van der Waals surface area contributed by atoms with Gasteiger partial charge >= 0.3 is 0 Å². The molecular weight excluding hydrogens is 523 g/mol. The van der Waals surface area contributed by atoms with Gasteiger partial charge in [-0.25, -0.2) is 27.8 Å². The molecule has 3 aromatic carbocycles. The first-order valence-electron chi connectivity index (χ1n) is 12.1. The topological polar surface area (TPSA) is 105 Å². The van der Waals surface area contributed by atoms with Crippen LogP contribution in [0, 0.1) is 17.5 Å². The molecule has 0 bridgehead atoms. The standard InChI is InChI=1S/C29H20F3N5O3/c1-39-27-18(6-3-7-21(27)32)26-25-28(33)34-14-35-29(25)37(36-26)12-23-24(15-4-2-5-16(30)10-15)20(13-38)19-11-17(31)8-9-22(19)40-23/h2-11,13-14,20H,12H2,1H3,(H2,33,34,35). The van der Waals surface area contributed by atoms with Crippen molar-refractivity contribution in [3.63, 3.8) is 0 Å². The molecule has 3 heterocycles. The first-order valence-corrected chi connectivity index (χ1v) is 12.1. The Hall–Kier alpha value is -5.19. The van der Waals surface area contributed by atoms with E-state index in [1.807, 2.05) is 0 Å². The SMILES string of the molecule is COc1c(F)cccc1-c1nn(CC2=C(c3cccc(F)c3)C(C=O)c3cc(F)ccc3O2)c2ncnc(N)c12. The van der Waals surface area contributed by atoms with Crippen molar-refractivity contribution >= 4 is 28.7 Å². The number of hydrogen-bond acceptors (Lipinski definition) is 7. The third-order valence-corrected chi connectivity index (χ3v) is 6.70. The van der Waals surface area contributed by atoms with E-state index < -0.39 is 23.4 Å². The van der Waals surface area contributed by atoms with Crippen molar-refractivity contribution < 1.29 is 27.4 Å². The van der Waals surface area contributed by atoms with Crippen LogP contribution in [-0.2, 0) is 11.3 Å². The monoisotopic (exact) mass is 543 g/mol. The number of anilines is 1. The van der Waals surface area contributed by atoms with E-state index in [9.17, 15) is 18.0 Å². The average molecular weight is 544 g/mol. The Morgan fingerprint density at radius 1 is 1.05 bits per heavy atom. The van der Waals surface area contributed by atoms with Crippen molar-refractivity contribution in [3.8, 4) is 22.8 Å². The van der Waals surface area contributed by atoms with Gasteiger partial charge in [0.2, 0.25) is 0 Å². The first-order chi connectivity index (χ1) is 19.4. The Bertz CT molecular complexity index is 1840. The Labute approximate surface area is 225 Å². The van der Waals surface area contributed by atoms with Gasteiger partial charge in [0.1, 0.15) is 53.8 Å². The summed E-state index contributed by atoms with van der Waals surface area (Å²) in [7, 11) is 1.34. The van der Waals surface area contributed by atoms with Crippen molar-refractivity contribution in [3.05, 3.63) is 101 Å². The van der Waals surface area contributed by atoms with Gasteiger partial charge in [0.15, 0.2) is 17.2 Å². The van der Waals surface area contributed by atoms with Gasteiger partial charge in [0.25, 0.3) is 0 Å². The fourth-order valence-electron chi connectivity index (χ4n) is 5.00. The van der Waals surface area contributed by atoms with Gasteiger partial charge in [-0.05, 0) is 48.0 Å². The zero-order valence-corrected chi connectivity index (χ0v) is 20.9. The summed E-state index contributed by atoms with van der Waals surface area (Å²) in [6, 6.07) is 13.9. The van der Waals surface area contributed by atoms with Crippen LogP contribution in [0.15, 0.2) is 72.8 Å². The molecule has 6 rings (SSSR count). The van der Waals surface area contributed by atoms with Crippen molar-refractivity contribution in [1.29, 1.82) is 0 Å². The van der Waals surface area contributed by atoms with E-state index in [2.05, 4.69) is 15.1 Å². The van der Waals surface area contributed by atoms with Gasteiger partial charge in [0.05, 0.1) is 18.4 Å². The predicted molar refractivity (Wildman–Crippen MR) is 141 cm³/mol. The minimum atomic E-state index is -0.958. The molecule has 40 heavy (non-hydrogen) atoms. The van der Waals surface area contributed by atoms with E-state index in [4.69, 9.17) is 15.2 Å². The van der Waals surface area contributed by atoms with Crippen LogP contribution >= 0.6 is 0 Å². The molecule has 5 aromatic rings. The predicted octanol–water partition coefficient (Wildman–Crippen LogP) is 5.29. The summed E-state index contributed by atoms with van der Waals surface area (Å²) < 4.78 is 56.1. The smallest absolute Gasteiger partial charge is 0.165 e. The molecule has 1 aliphatic heterocycles. The number of benzene rings is 3. The molecule has 2 aromatic heterocycles. The molecule has 1 aliphatic rings. The second kappa shape index (κ2) is 9.84. The number of rotatable bonds is 6. The molecule has 0 saturated heterocycles. The van der Waals surface area contributed by atoms with E-state index in [-0.39, 0.29) is 35.3 Å². The lowest BCUT2D eigenvalue weighted by Crippen LogP contribution is -2.20. The molecular formula is C29H20F3N5O3. The summed E-state index contributed by atoms with van der Waals surface area (Å²) in [5, 5.41) is 5.03. The maximum Gasteiger partial charge on any atom is 0.165 e. The average Bonchev–Trinajstić information content (AvgIpc) is 3.31. The van der Waals surface area contributed by atoms with Crippen LogP contribution in [0.1, 0.15) is 17.0 Å². The Balaban J connectivity index is 1.58. The third kappa shape index (κ3) is 4.12. The van der Waals surface area contributed by atoms with E-state index >= 15 is 0 Å². The number of halogens is 3. The Morgan fingerprint density at radius 3 is 2.62 bits per heavy atom. The van der Waals surface area contributed by atoms with Gasteiger partial charge < -0.3 is 20.0 Å². The molecule has 2 N–H and O–H groups in total. The number of aromatic nitrogens is 4. The van der Waals surface area contributed by atoms with Gasteiger partial charge in [-0.3, -0.25) is 0 Å². The minimum absolute atomic E-state index is 0.0390. The zero-order chi connectivity index (χ0) is 28.0. The van der Waals surface area contributed by atoms with Crippen molar-refractivity contribution in [1.82, 2.24) is 19.7 Å². The molecule has 0 saturated carbocycles. The molecule has 8 nitrogen and oxygen atoms in total. The number of carbonyl (C=O) groups excluding carboxylic acids is 1. The van der Waals surface area contributed by atoms with Crippen LogP contribution in [0.5, 0.6) is 11.5 Å². The minimum Gasteiger partial charge on any atom is -0.493 e. The maximum atomic E-state index is 14.6. The van der Waals surface area contributed by atoms with Gasteiger partial charge in [-0.1, -0.05) is 18.2 Å². The summed E-state index contributed by atoms with van der Waals surface area (Å²) >= 11 is 0. The summed E-state index contributed by atoms with van der Waals surface area (Å²) in [6.07, 6.45) is 1.92. The zero-order valence-electron chi connectivity index (χ0n) is 20.9. The number of ether oxygens (including phenoxy) is 2. The number of fused-ring (bicyclic) bond motifs is 2. The van der Waals surface area contributed by atoms with Crippen LogP contribution in [0.3, 0.4) is 0 Å². The summed E-state index contributed by atoms with van der Waals surface area (Å²) in [5.74, 6) is -2.04. The van der Waals surface area contributed by atoms with E-state index in [1.54, 1.807) is 12.1 Å². The van der Waals surface area contributed by atoms with Crippen molar-refractivity contribution in [2.24, 2.45) is 0 Å². The van der Waals surface area contributed by atoms with Crippen LogP contribution in [-0.4, -0.2) is 33.1 Å². The number of nitrogen functional groups attached to an aromatic ring is 1. The molecule has 0 spiro atoms. The molecule has 0 amide bonds. The highest BCUT2D eigenvalue weighted by Crippen LogP contribution is 2.44. The summed E-state index contributed by atoms with van der Waals surface area (Å²) in [6.45, 7) is -0.0857. The highest BCUT2D eigenvalue weighted by atomic mass is 19.1. The van der Waals surface area contributed by atoms with Crippen LogP contribution < -0.4 is 15.2 Å². The molecule has 0 fully saturated rings. The largest absolute Gasteiger partial charge is 0.493 e. The Kier molecular flexibility index (Phi) is 6.18. The van der Waals surface area contributed by atoms with Gasteiger partial charge in [-0.15, -0.1) is 0 Å². The van der Waals surface area contributed by atoms with Crippen LogP contribution in [0.25, 0.3) is 27.9 Å². The molecule has 0 aliphatic carbocycles. The van der Waals surface area contributed by atoms with Crippen LogP contribution in [0.4, 0.5) is 19.0 Å². The third-order valence-electron chi connectivity index (χ3n) is 6.70. The molecule has 200 valence electrons. The van der Waals surface area contributed by atoms with E-state index in [0.29, 0.717) is 39.6 Å². The fourth-order valence-corrected chi connectivity index (χ4v) is 5.00. The number of aldehydes is 1. The number of nitrogens with two attached hydrogens (primary N) is 1. The maximum absolute atomic E-state index is 14.6. The molecule has 1 atom stereocenters. The molecule has 1 unspecified atom stereocenters. The summed E-state index contributed by atoms with van der Waals surface area (Å²) in [5.41, 5.74) is 8.13. The first kappa shape index (κ1) is 25.1. The normalized spacial score (nSPS) is 14.7. The van der Waals surface area contributed by atoms with Gasteiger partial charge in [0, 0.05) is 16.7 Å². The lowest BCUT2D eigenvalue weighted by Gasteiger charge is -2.28. The highest BCUT2D eigenvalue weighted by Gasteiger charge is 2.32. The van der Waals surface area contributed by atoms with Gasteiger partial charge in [-0.2, -0.15) is 5.10 Å². The lowest BCUT2D eigenvalue weighted by molar-refractivity contribution is -0.108. The molecule has 0 radical (unpaired) electrons. The fraction of sp³-hybridized carbons (Fsp3) is 0.103. The number of carbonyl (C=O) groups is 1. The summed E-state index contributed by atoms with van der Waals surface area (Å²) in [4.78, 5) is 20.9. The highest BCUT2D eigenvalue weighted by molar-refractivity contribution is 5.99. The van der Waals surface area contributed by atoms with E-state index in [1.165, 1.54) is 66.6 Å². The number of allylic oxidation sites excluding steroid dienone is 2. The number of methoxy groups -OCH3 is 1. The number of hydrogen-bond donors (Lipinski definition) is 1. The Morgan fingerprint density at radius 2 is 1.85 bits per heavy atom. The quantitative estimate of drug-likeness (QED) is 0.290. The lowest BCUT2D eigenvalue weighted by atomic mass is 9.84. The van der Waals surface area contributed by atoms with Crippen molar-refractivity contribution in [2.45, 2.75) is 12.5 Å². The van der Waals surface area contributed by atoms with Crippen molar-refractivity contribution in [2.75, 3.05) is 12.8 Å². The second-order valence-electron chi connectivity index (χ2n) is 9.03. The van der Waals surface area contributed by atoms with Crippen LogP contribution in [0.2, 0.25) is 0 Å². The number of para-hydroxylation sites is 1. The van der Waals surface area contributed by atoms with E-state index in [0.717, 1.165) is 0 Å².